The molecule has 3 aromatic rings. The molecule has 5 nitrogen and oxygen atoms in total. The maximum absolute atomic E-state index is 13.2. The number of ether oxygens (including phenoxy) is 1. The molecule has 38 heavy (non-hydrogen) atoms. The third-order valence-corrected chi connectivity index (χ3v) is 12.7. The molecule has 3 rings (SSSR count). The zero-order valence-electron chi connectivity index (χ0n) is 22.5. The minimum absolute atomic E-state index is 0.482. The van der Waals surface area contributed by atoms with E-state index in [2.05, 4.69) is 26.1 Å². The van der Waals surface area contributed by atoms with Gasteiger partial charge in [0, 0.05) is 7.11 Å². The summed E-state index contributed by atoms with van der Waals surface area (Å²) in [7, 11) is 0.249. The molecule has 0 saturated heterocycles. The van der Waals surface area contributed by atoms with Gasteiger partial charge < -0.3 is 4.43 Å². The van der Waals surface area contributed by atoms with E-state index in [-0.39, 0.29) is 0 Å². The van der Waals surface area contributed by atoms with Crippen molar-refractivity contribution >= 4 is 21.8 Å². The van der Waals surface area contributed by atoms with Crippen LogP contribution in [0, 0.1) is 11.3 Å². The number of rotatable bonds is 14. The van der Waals surface area contributed by atoms with E-state index in [0.717, 1.165) is 46.7 Å². The van der Waals surface area contributed by atoms with Crippen LogP contribution in [0.5, 0.6) is 5.75 Å². The fourth-order valence-electron chi connectivity index (χ4n) is 3.70. The minimum atomic E-state index is -1.77. The molecule has 1 atom stereocenters. The van der Waals surface area contributed by atoms with E-state index in [1.807, 2.05) is 48.5 Å². The summed E-state index contributed by atoms with van der Waals surface area (Å²) in [6, 6.07) is 26.0. The van der Waals surface area contributed by atoms with E-state index in [1.54, 1.807) is 31.4 Å². The van der Waals surface area contributed by atoms with Crippen LogP contribution in [0.2, 0.25) is 24.0 Å². The SMILES string of the molecule is CCCC[CH](C#N)[Co](=[O])[c]1cc[c]([Co](=[O])[c]2ccc(-c3ccc(OCCC[Si](C)(C)OC)cc3)cc2)cc1. The van der Waals surface area contributed by atoms with Crippen molar-refractivity contribution in [1.82, 2.24) is 0 Å². The third-order valence-electron chi connectivity index (χ3n) is 6.22. The van der Waals surface area contributed by atoms with Crippen LogP contribution < -0.4 is 18.2 Å². The Morgan fingerprint density at radius 2 is 1.37 bits per heavy atom. The number of hydrogen-bond donors (Lipinski definition) is 0. The summed E-state index contributed by atoms with van der Waals surface area (Å²) in [6.07, 6.45) is 3.46. The Hall–Kier alpha value is -2.26. The van der Waals surface area contributed by atoms with Crippen molar-refractivity contribution < 1.29 is 44.1 Å². The molecule has 0 fully saturated rings. The topological polar surface area (TPSA) is 76.4 Å². The Morgan fingerprint density at radius 1 is 0.842 bits per heavy atom. The second kappa shape index (κ2) is 14.8. The molecule has 0 aliphatic rings. The van der Waals surface area contributed by atoms with Gasteiger partial charge in [-0.15, -0.1) is 0 Å². The zero-order valence-corrected chi connectivity index (χ0v) is 25.6. The molecule has 0 aliphatic carbocycles. The Kier molecular flexibility index (Phi) is 11.8. The van der Waals surface area contributed by atoms with Gasteiger partial charge >= 0.3 is 204 Å². The van der Waals surface area contributed by atoms with Crippen molar-refractivity contribution in [3.63, 3.8) is 0 Å². The number of nitriles is 1. The standard InChI is InChI=1S/C18H23O2Si.C6H10N.C6H4.2Co.2O/c1-19-21(2,3)15-7-14-20-18-12-10-17(11-13-18)16-8-5-4-6-9-16;1-2-3-4-5-6-7;1-2-4-6-5-3-1;;;;/h5-6,8-13H,7,14-15H2,1-3H3;5H,2-4H2,1H3;1-2,5-6H;;;;. The number of benzene rings is 3. The third kappa shape index (κ3) is 8.63. The number of nitrogens with zero attached hydrogens (tertiary/aromatic N) is 1. The number of unbranched alkanes of at least 4 members (excludes halogenated alkanes) is 1. The van der Waals surface area contributed by atoms with Crippen LogP contribution in [0.4, 0.5) is 0 Å². The Balaban J connectivity index is 1.59. The fraction of sp³-hybridized carbons (Fsp3) is 0.367. The molecule has 0 saturated carbocycles. The van der Waals surface area contributed by atoms with E-state index in [0.29, 0.717) is 22.0 Å². The Morgan fingerprint density at radius 3 is 1.89 bits per heavy atom. The average Bonchev–Trinajstić information content (AvgIpc) is 2.96. The summed E-state index contributed by atoms with van der Waals surface area (Å²) in [5, 5.41) is 9.38. The molecule has 8 heteroatoms. The molecule has 0 bridgehead atoms. The van der Waals surface area contributed by atoms with E-state index < -0.39 is 40.3 Å². The van der Waals surface area contributed by atoms with Crippen LogP contribution in [0.15, 0.2) is 72.8 Å². The van der Waals surface area contributed by atoms with Crippen molar-refractivity contribution in [2.45, 2.75) is 56.6 Å². The van der Waals surface area contributed by atoms with Crippen molar-refractivity contribution in [1.29, 1.82) is 5.26 Å². The van der Waals surface area contributed by atoms with Gasteiger partial charge in [0.05, 0.1) is 0 Å². The van der Waals surface area contributed by atoms with Gasteiger partial charge in [0.2, 0.25) is 0 Å². The summed E-state index contributed by atoms with van der Waals surface area (Å²) in [5.41, 5.74) is 2.10. The number of hydrogen-bond acceptors (Lipinski definition) is 5. The molecule has 0 spiro atoms. The van der Waals surface area contributed by atoms with Gasteiger partial charge in [-0.1, -0.05) is 0 Å². The Bertz CT molecular complexity index is 1250. The van der Waals surface area contributed by atoms with Gasteiger partial charge in [0.15, 0.2) is 8.32 Å². The average molecular weight is 622 g/mol. The monoisotopic (exact) mass is 621 g/mol. The Labute approximate surface area is 236 Å². The van der Waals surface area contributed by atoms with Crippen molar-refractivity contribution in [3.8, 4) is 22.9 Å². The van der Waals surface area contributed by atoms with Crippen molar-refractivity contribution in [2.24, 2.45) is 0 Å². The predicted molar refractivity (Wildman–Crippen MR) is 147 cm³/mol. The van der Waals surface area contributed by atoms with Crippen LogP contribution in [0.1, 0.15) is 32.6 Å². The van der Waals surface area contributed by atoms with Crippen LogP contribution in [-0.2, 0) is 39.3 Å². The second-order valence-electron chi connectivity index (χ2n) is 9.48. The van der Waals surface area contributed by atoms with Crippen LogP contribution in [0.3, 0.4) is 0 Å². The zero-order chi connectivity index (χ0) is 27.5. The molecule has 0 heterocycles. The van der Waals surface area contributed by atoms with Crippen LogP contribution in [-0.4, -0.2) is 22.0 Å². The van der Waals surface area contributed by atoms with Gasteiger partial charge in [0.1, 0.15) is 0 Å². The predicted octanol–water partition coefficient (Wildman–Crippen LogP) is 5.98. The summed E-state index contributed by atoms with van der Waals surface area (Å²) in [4.78, 5) is -0.482. The quantitative estimate of drug-likeness (QED) is 0.164. The molecule has 3 aromatic carbocycles. The summed E-state index contributed by atoms with van der Waals surface area (Å²) in [5.74, 6) is 0.849. The molecule has 208 valence electrons. The molecule has 0 aliphatic heterocycles. The van der Waals surface area contributed by atoms with E-state index >= 15 is 0 Å². The fourth-order valence-corrected chi connectivity index (χ4v) is 7.77. The van der Waals surface area contributed by atoms with Gasteiger partial charge in [-0.25, -0.2) is 0 Å². The van der Waals surface area contributed by atoms with Gasteiger partial charge in [-0.05, 0) is 13.1 Å². The first-order valence-electron chi connectivity index (χ1n) is 12.8. The molecule has 0 N–H and O–H groups in total. The maximum atomic E-state index is 13.2. The molecular weight excluding hydrogens is 584 g/mol. The summed E-state index contributed by atoms with van der Waals surface area (Å²) >= 11 is -3.52. The first-order valence-corrected chi connectivity index (χ1v) is 18.9. The molecular formula is C30H37Co2NO4Si. The second-order valence-corrected chi connectivity index (χ2v) is 17.9. The van der Waals surface area contributed by atoms with E-state index in [4.69, 9.17) is 9.16 Å². The molecule has 0 amide bonds. The van der Waals surface area contributed by atoms with Gasteiger partial charge in [-0.3, -0.25) is 0 Å². The first kappa shape index (κ1) is 30.3. The van der Waals surface area contributed by atoms with Crippen molar-refractivity contribution in [2.75, 3.05) is 13.7 Å². The summed E-state index contributed by atoms with van der Waals surface area (Å²) < 4.78 is 39.5. The van der Waals surface area contributed by atoms with Gasteiger partial charge in [-0.2, -0.15) is 0 Å². The first-order chi connectivity index (χ1) is 18.3. The van der Waals surface area contributed by atoms with Gasteiger partial charge in [0.25, 0.3) is 0 Å². The molecule has 0 radical (unpaired) electrons. The molecule has 0 aromatic heterocycles. The van der Waals surface area contributed by atoms with E-state index in [1.165, 1.54) is 0 Å². The van der Waals surface area contributed by atoms with Crippen molar-refractivity contribution in [3.05, 3.63) is 72.8 Å². The molecule has 1 unspecified atom stereocenters. The van der Waals surface area contributed by atoms with Crippen LogP contribution in [0.25, 0.3) is 11.1 Å². The normalized spacial score (nSPS) is 12.9. The van der Waals surface area contributed by atoms with E-state index in [9.17, 15) is 13.0 Å². The van der Waals surface area contributed by atoms with Crippen LogP contribution >= 0.6 is 0 Å². The summed E-state index contributed by atoms with van der Waals surface area (Å²) in [6.45, 7) is 7.16.